The highest BCUT2D eigenvalue weighted by atomic mass is 35.5. The van der Waals surface area contributed by atoms with E-state index in [0.29, 0.717) is 25.3 Å². The number of halogens is 2. The van der Waals surface area contributed by atoms with Crippen molar-refractivity contribution in [2.45, 2.75) is 19.0 Å². The lowest BCUT2D eigenvalue weighted by Crippen LogP contribution is -2.32. The summed E-state index contributed by atoms with van der Waals surface area (Å²) in [5, 5.41) is 7.81. The summed E-state index contributed by atoms with van der Waals surface area (Å²) in [5.74, 6) is -0.455. The Morgan fingerprint density at radius 2 is 2.27 bits per heavy atom. The van der Waals surface area contributed by atoms with Gasteiger partial charge in [-0.3, -0.25) is 4.79 Å². The zero-order chi connectivity index (χ0) is 14.8. The lowest BCUT2D eigenvalue weighted by atomic mass is 10.2. The molecule has 8 heteroatoms. The quantitative estimate of drug-likeness (QED) is 0.915. The Labute approximate surface area is 133 Å². The first kappa shape index (κ1) is 16.4. The van der Waals surface area contributed by atoms with Crippen LogP contribution in [0.5, 0.6) is 0 Å². The second-order valence-electron chi connectivity index (χ2n) is 5.23. The summed E-state index contributed by atoms with van der Waals surface area (Å²) in [5.41, 5.74) is 6.85. The van der Waals surface area contributed by atoms with Crippen LogP contribution in [0.1, 0.15) is 22.5 Å². The fourth-order valence-corrected chi connectivity index (χ4v) is 2.43. The monoisotopic (exact) mass is 325 g/mol. The molecule has 22 heavy (non-hydrogen) atoms. The molecule has 0 spiro atoms. The summed E-state index contributed by atoms with van der Waals surface area (Å²) in [7, 11) is 0. The molecule has 0 radical (unpaired) electrons. The summed E-state index contributed by atoms with van der Waals surface area (Å²) in [4.78, 5) is 13.9. The molecule has 2 heterocycles. The lowest BCUT2D eigenvalue weighted by Gasteiger charge is -2.13. The number of benzene rings is 1. The first-order valence-corrected chi connectivity index (χ1v) is 6.81. The zero-order valence-electron chi connectivity index (χ0n) is 11.9. The molecule has 0 bridgehead atoms. The number of rotatable bonds is 3. The van der Waals surface area contributed by atoms with Crippen molar-refractivity contribution in [3.05, 3.63) is 47.5 Å². The Morgan fingerprint density at radius 1 is 1.45 bits per heavy atom. The van der Waals surface area contributed by atoms with E-state index in [-0.39, 0.29) is 30.2 Å². The highest BCUT2D eigenvalue weighted by molar-refractivity contribution is 5.92. The average molecular weight is 326 g/mol. The Hall–Kier alpha value is -1.99. The molecule has 1 aromatic carbocycles. The van der Waals surface area contributed by atoms with Crippen LogP contribution in [0.3, 0.4) is 0 Å². The van der Waals surface area contributed by atoms with Crippen LogP contribution in [0.2, 0.25) is 0 Å². The molecular formula is C14H17ClFN5O. The summed E-state index contributed by atoms with van der Waals surface area (Å²) in [6.07, 6.45) is 2.39. The van der Waals surface area contributed by atoms with Gasteiger partial charge in [0.2, 0.25) is 0 Å². The topological polar surface area (TPSA) is 77.0 Å². The van der Waals surface area contributed by atoms with Crippen molar-refractivity contribution < 1.29 is 9.18 Å². The Kier molecular flexibility index (Phi) is 5.10. The van der Waals surface area contributed by atoms with E-state index < -0.39 is 0 Å². The van der Waals surface area contributed by atoms with E-state index in [4.69, 9.17) is 5.73 Å². The fourth-order valence-electron chi connectivity index (χ4n) is 2.43. The largest absolute Gasteiger partial charge is 0.336 e. The van der Waals surface area contributed by atoms with Crippen molar-refractivity contribution in [1.29, 1.82) is 0 Å². The van der Waals surface area contributed by atoms with Gasteiger partial charge >= 0.3 is 0 Å². The molecule has 1 fully saturated rings. The van der Waals surface area contributed by atoms with Gasteiger partial charge in [0.1, 0.15) is 5.82 Å². The number of carbonyl (C=O) groups excluding carboxylic acids is 1. The summed E-state index contributed by atoms with van der Waals surface area (Å²) < 4.78 is 14.7. The van der Waals surface area contributed by atoms with Crippen LogP contribution in [0.15, 0.2) is 30.5 Å². The van der Waals surface area contributed by atoms with Crippen molar-refractivity contribution in [3.63, 3.8) is 0 Å². The van der Waals surface area contributed by atoms with E-state index in [2.05, 4.69) is 10.3 Å². The van der Waals surface area contributed by atoms with Crippen LogP contribution in [0, 0.1) is 5.82 Å². The number of hydrogen-bond donors (Lipinski definition) is 1. The SMILES string of the molecule is Cl.N[C@@H]1CCN(C(=O)c2cn(Cc3cccc(F)c3)nn2)C1. The average Bonchev–Trinajstić information content (AvgIpc) is 3.07. The van der Waals surface area contributed by atoms with E-state index in [9.17, 15) is 9.18 Å². The normalized spacial score (nSPS) is 17.4. The third kappa shape index (κ3) is 3.61. The molecular weight excluding hydrogens is 309 g/mol. The van der Waals surface area contributed by atoms with Crippen molar-refractivity contribution in [3.8, 4) is 0 Å². The second-order valence-corrected chi connectivity index (χ2v) is 5.23. The maximum Gasteiger partial charge on any atom is 0.276 e. The number of nitrogens with two attached hydrogens (primary N) is 1. The standard InChI is InChI=1S/C14H16FN5O.ClH/c15-11-3-1-2-10(6-11)7-20-9-13(17-18-20)14(21)19-5-4-12(16)8-19;/h1-3,6,9,12H,4-5,7-8,16H2;1H/t12-;/m1./s1. The molecule has 1 atom stereocenters. The van der Waals surface area contributed by atoms with E-state index in [1.807, 2.05) is 0 Å². The molecule has 1 saturated heterocycles. The third-order valence-corrected chi connectivity index (χ3v) is 3.50. The number of aromatic nitrogens is 3. The van der Waals surface area contributed by atoms with Crippen LogP contribution in [-0.4, -0.2) is 44.9 Å². The van der Waals surface area contributed by atoms with Gasteiger partial charge in [0.15, 0.2) is 5.69 Å². The molecule has 2 N–H and O–H groups in total. The first-order chi connectivity index (χ1) is 10.1. The van der Waals surface area contributed by atoms with Gasteiger partial charge in [-0.15, -0.1) is 17.5 Å². The maximum absolute atomic E-state index is 13.1. The van der Waals surface area contributed by atoms with E-state index >= 15 is 0 Å². The van der Waals surface area contributed by atoms with Crippen LogP contribution < -0.4 is 5.73 Å². The molecule has 1 amide bonds. The van der Waals surface area contributed by atoms with Crippen LogP contribution in [-0.2, 0) is 6.54 Å². The van der Waals surface area contributed by atoms with Gasteiger partial charge in [0.05, 0.1) is 12.7 Å². The van der Waals surface area contributed by atoms with Crippen LogP contribution >= 0.6 is 12.4 Å². The predicted molar refractivity (Wildman–Crippen MR) is 81.3 cm³/mol. The minimum absolute atomic E-state index is 0. The third-order valence-electron chi connectivity index (χ3n) is 3.50. The molecule has 2 aromatic rings. The molecule has 6 nitrogen and oxygen atoms in total. The summed E-state index contributed by atoms with van der Waals surface area (Å²) >= 11 is 0. The number of likely N-dealkylation sites (tertiary alicyclic amines) is 1. The number of hydrogen-bond acceptors (Lipinski definition) is 4. The molecule has 0 saturated carbocycles. The molecule has 1 aromatic heterocycles. The highest BCUT2D eigenvalue weighted by Crippen LogP contribution is 2.11. The van der Waals surface area contributed by atoms with Gasteiger partial charge in [0.25, 0.3) is 5.91 Å². The highest BCUT2D eigenvalue weighted by Gasteiger charge is 2.26. The van der Waals surface area contributed by atoms with E-state index in [1.54, 1.807) is 23.2 Å². The Morgan fingerprint density at radius 3 is 2.95 bits per heavy atom. The van der Waals surface area contributed by atoms with Crippen molar-refractivity contribution in [1.82, 2.24) is 19.9 Å². The van der Waals surface area contributed by atoms with Crippen molar-refractivity contribution in [2.24, 2.45) is 5.73 Å². The van der Waals surface area contributed by atoms with Gasteiger partial charge in [-0.2, -0.15) is 0 Å². The number of carbonyl (C=O) groups is 1. The zero-order valence-corrected chi connectivity index (χ0v) is 12.7. The van der Waals surface area contributed by atoms with Gasteiger partial charge in [-0.25, -0.2) is 9.07 Å². The number of nitrogens with zero attached hydrogens (tertiary/aromatic N) is 4. The van der Waals surface area contributed by atoms with Gasteiger partial charge in [-0.1, -0.05) is 17.3 Å². The molecule has 0 aliphatic carbocycles. The Balaban J connectivity index is 0.00000176. The molecule has 0 unspecified atom stereocenters. The van der Waals surface area contributed by atoms with Crippen LogP contribution in [0.4, 0.5) is 4.39 Å². The fraction of sp³-hybridized carbons (Fsp3) is 0.357. The first-order valence-electron chi connectivity index (χ1n) is 6.81. The smallest absolute Gasteiger partial charge is 0.276 e. The van der Waals surface area contributed by atoms with Gasteiger partial charge in [0, 0.05) is 19.1 Å². The minimum atomic E-state index is -0.296. The van der Waals surface area contributed by atoms with Crippen molar-refractivity contribution in [2.75, 3.05) is 13.1 Å². The van der Waals surface area contributed by atoms with Gasteiger partial charge in [-0.05, 0) is 24.1 Å². The second kappa shape index (κ2) is 6.85. The van der Waals surface area contributed by atoms with E-state index in [0.717, 1.165) is 12.0 Å². The Bertz CT molecular complexity index is 662. The molecule has 1 aliphatic heterocycles. The summed E-state index contributed by atoms with van der Waals surface area (Å²) in [6.45, 7) is 1.57. The maximum atomic E-state index is 13.1. The molecule has 118 valence electrons. The summed E-state index contributed by atoms with van der Waals surface area (Å²) in [6, 6.07) is 6.29. The molecule has 3 rings (SSSR count). The van der Waals surface area contributed by atoms with Crippen molar-refractivity contribution >= 4 is 18.3 Å². The lowest BCUT2D eigenvalue weighted by molar-refractivity contribution is 0.0785. The molecule has 1 aliphatic rings. The number of amides is 1. The predicted octanol–water partition coefficient (Wildman–Crippen LogP) is 1.06. The van der Waals surface area contributed by atoms with E-state index in [1.165, 1.54) is 16.8 Å². The van der Waals surface area contributed by atoms with Gasteiger partial charge < -0.3 is 10.6 Å². The minimum Gasteiger partial charge on any atom is -0.336 e. The van der Waals surface area contributed by atoms with Crippen LogP contribution in [0.25, 0.3) is 0 Å².